The molecule has 1 aromatic carbocycles. The van der Waals surface area contributed by atoms with E-state index in [1.807, 2.05) is 25.2 Å². The van der Waals surface area contributed by atoms with Crippen LogP contribution in [0.1, 0.15) is 5.56 Å². The van der Waals surface area contributed by atoms with Gasteiger partial charge in [-0.3, -0.25) is 4.90 Å². The van der Waals surface area contributed by atoms with Gasteiger partial charge in [0.1, 0.15) is 0 Å². The summed E-state index contributed by atoms with van der Waals surface area (Å²) in [4.78, 5) is 6.48. The van der Waals surface area contributed by atoms with Crippen molar-refractivity contribution in [3.63, 3.8) is 0 Å². The van der Waals surface area contributed by atoms with Gasteiger partial charge in [0.25, 0.3) is 0 Å². The number of hydrogen-bond acceptors (Lipinski definition) is 4. The van der Waals surface area contributed by atoms with Crippen LogP contribution in [0.15, 0.2) is 23.2 Å². The third kappa shape index (κ3) is 4.21. The van der Waals surface area contributed by atoms with Crippen LogP contribution in [-0.4, -0.2) is 30.5 Å². The number of thioether (sulfide) groups is 1. The quantitative estimate of drug-likeness (QED) is 0.902. The zero-order valence-electron chi connectivity index (χ0n) is 9.82. The minimum Gasteiger partial charge on any atom is -0.352 e. The second-order valence-electron chi connectivity index (χ2n) is 3.78. The number of benzene rings is 1. The summed E-state index contributed by atoms with van der Waals surface area (Å²) in [6, 6.07) is 5.56. The third-order valence-corrected chi connectivity index (χ3v) is 4.06. The van der Waals surface area contributed by atoms with Crippen LogP contribution in [0.3, 0.4) is 0 Å². The van der Waals surface area contributed by atoms with E-state index in [2.05, 4.69) is 15.2 Å². The zero-order valence-corrected chi connectivity index (χ0v) is 13.0. The van der Waals surface area contributed by atoms with Crippen LogP contribution >= 0.6 is 47.4 Å². The summed E-state index contributed by atoms with van der Waals surface area (Å²) in [5.41, 5.74) is 0.962. The Hall–Kier alpha value is -0.130. The molecule has 0 radical (unpaired) electrons. The molecule has 0 aromatic heterocycles. The first-order valence-electron chi connectivity index (χ1n) is 5.19. The number of nitrogens with one attached hydrogen (secondary N) is 1. The van der Waals surface area contributed by atoms with E-state index >= 15 is 0 Å². The van der Waals surface area contributed by atoms with Gasteiger partial charge >= 0.3 is 0 Å². The van der Waals surface area contributed by atoms with Gasteiger partial charge in [0.2, 0.25) is 0 Å². The third-order valence-electron chi connectivity index (χ3n) is 2.37. The van der Waals surface area contributed by atoms with Gasteiger partial charge in [0.05, 0.1) is 13.3 Å². The van der Waals surface area contributed by atoms with Crippen molar-refractivity contribution >= 4 is 52.5 Å². The molecule has 0 amide bonds. The monoisotopic (exact) mass is 325 g/mol. The number of amidine groups is 1. The molecule has 0 saturated heterocycles. The fraction of sp³-hybridized carbons (Fsp3) is 0.364. The maximum atomic E-state index is 6.10. The van der Waals surface area contributed by atoms with E-state index in [0.29, 0.717) is 10.0 Å². The highest BCUT2D eigenvalue weighted by Crippen LogP contribution is 2.28. The molecule has 18 heavy (non-hydrogen) atoms. The summed E-state index contributed by atoms with van der Waals surface area (Å²) >= 11 is 13.8. The number of hydrogen-bond donors (Lipinski definition) is 1. The Kier molecular flexibility index (Phi) is 6.60. The van der Waals surface area contributed by atoms with Gasteiger partial charge in [-0.2, -0.15) is 0 Å². The van der Waals surface area contributed by atoms with Crippen molar-refractivity contribution in [2.75, 3.05) is 20.4 Å². The molecule has 0 unspecified atom stereocenters. The first kappa shape index (κ1) is 15.9. The lowest BCUT2D eigenvalue weighted by Crippen LogP contribution is -2.39. The zero-order chi connectivity index (χ0) is 12.3. The summed E-state index contributed by atoms with van der Waals surface area (Å²) in [6.07, 6.45) is 0. The van der Waals surface area contributed by atoms with Gasteiger partial charge in [0, 0.05) is 15.8 Å². The van der Waals surface area contributed by atoms with Crippen LogP contribution in [0.25, 0.3) is 0 Å². The van der Waals surface area contributed by atoms with Gasteiger partial charge in [0.15, 0.2) is 5.17 Å². The molecular formula is C11H14Cl3N3S. The maximum Gasteiger partial charge on any atom is 0.159 e. The molecule has 0 saturated carbocycles. The smallest absolute Gasteiger partial charge is 0.159 e. The average Bonchev–Trinajstić information content (AvgIpc) is 2.31. The maximum absolute atomic E-state index is 6.10. The lowest BCUT2D eigenvalue weighted by Gasteiger charge is -2.22. The summed E-state index contributed by atoms with van der Waals surface area (Å²) in [5.74, 6) is 0.730. The van der Waals surface area contributed by atoms with Crippen molar-refractivity contribution in [2.45, 2.75) is 5.75 Å². The Labute approximate surface area is 127 Å². The molecule has 0 atom stereocenters. The highest BCUT2D eigenvalue weighted by Gasteiger charge is 2.11. The first-order valence-corrected chi connectivity index (χ1v) is 6.93. The molecule has 2 rings (SSSR count). The Morgan fingerprint density at radius 3 is 2.61 bits per heavy atom. The number of aliphatic imine (C=N–C) groups is 1. The Balaban J connectivity index is 0.00000162. The molecular weight excluding hydrogens is 313 g/mol. The molecule has 1 aromatic rings. The molecule has 0 fully saturated rings. The van der Waals surface area contributed by atoms with Gasteiger partial charge in [-0.1, -0.05) is 41.0 Å². The van der Waals surface area contributed by atoms with E-state index in [-0.39, 0.29) is 12.4 Å². The lowest BCUT2D eigenvalue weighted by molar-refractivity contribution is 0.326. The van der Waals surface area contributed by atoms with Crippen molar-refractivity contribution in [1.82, 2.24) is 10.2 Å². The van der Waals surface area contributed by atoms with Crippen LogP contribution in [-0.2, 0) is 5.75 Å². The van der Waals surface area contributed by atoms with E-state index in [4.69, 9.17) is 23.2 Å². The van der Waals surface area contributed by atoms with Gasteiger partial charge in [-0.25, -0.2) is 4.99 Å². The van der Waals surface area contributed by atoms with E-state index in [0.717, 1.165) is 29.8 Å². The standard InChI is InChI=1S/C11H13Cl2N3S.ClH/c1-16-6-14-11(15-7-16)17-5-8-9(12)3-2-4-10(8)13;/h2-4H,5-7H2,1H3,(H,14,15);1H. The van der Waals surface area contributed by atoms with Crippen LogP contribution in [0.5, 0.6) is 0 Å². The molecule has 0 aliphatic carbocycles. The summed E-state index contributed by atoms with van der Waals surface area (Å²) in [5, 5.41) is 5.59. The van der Waals surface area contributed by atoms with E-state index in [1.54, 1.807) is 11.8 Å². The summed E-state index contributed by atoms with van der Waals surface area (Å²) in [7, 11) is 2.02. The molecule has 100 valence electrons. The first-order chi connectivity index (χ1) is 8.16. The Morgan fingerprint density at radius 2 is 2.06 bits per heavy atom. The molecule has 1 aliphatic heterocycles. The summed E-state index contributed by atoms with van der Waals surface area (Å²) < 4.78 is 0. The van der Waals surface area contributed by atoms with Crippen molar-refractivity contribution in [3.8, 4) is 0 Å². The predicted octanol–water partition coefficient (Wildman–Crippen LogP) is 3.45. The van der Waals surface area contributed by atoms with Crippen molar-refractivity contribution in [3.05, 3.63) is 33.8 Å². The van der Waals surface area contributed by atoms with Gasteiger partial charge < -0.3 is 5.32 Å². The van der Waals surface area contributed by atoms with Crippen LogP contribution in [0.4, 0.5) is 0 Å². The average molecular weight is 327 g/mol. The van der Waals surface area contributed by atoms with E-state index < -0.39 is 0 Å². The Morgan fingerprint density at radius 1 is 1.39 bits per heavy atom. The number of halogens is 3. The van der Waals surface area contributed by atoms with Crippen molar-refractivity contribution in [2.24, 2.45) is 4.99 Å². The van der Waals surface area contributed by atoms with Crippen LogP contribution < -0.4 is 5.32 Å². The highest BCUT2D eigenvalue weighted by atomic mass is 35.5. The second-order valence-corrected chi connectivity index (χ2v) is 5.56. The topological polar surface area (TPSA) is 27.6 Å². The van der Waals surface area contributed by atoms with Crippen molar-refractivity contribution in [1.29, 1.82) is 0 Å². The molecule has 0 spiro atoms. The molecule has 1 heterocycles. The van der Waals surface area contributed by atoms with Gasteiger partial charge in [-0.05, 0) is 24.7 Å². The fourth-order valence-corrected chi connectivity index (χ4v) is 3.00. The van der Waals surface area contributed by atoms with E-state index in [1.165, 1.54) is 0 Å². The summed E-state index contributed by atoms with van der Waals surface area (Å²) in [6.45, 7) is 1.55. The minimum absolute atomic E-state index is 0. The number of rotatable bonds is 2. The molecule has 0 bridgehead atoms. The normalized spacial score (nSPS) is 15.6. The number of nitrogens with zero attached hydrogens (tertiary/aromatic N) is 2. The van der Waals surface area contributed by atoms with Crippen LogP contribution in [0, 0.1) is 0 Å². The van der Waals surface area contributed by atoms with E-state index in [9.17, 15) is 0 Å². The molecule has 1 aliphatic rings. The molecule has 1 N–H and O–H groups in total. The van der Waals surface area contributed by atoms with Crippen LogP contribution in [0.2, 0.25) is 10.0 Å². The second kappa shape index (κ2) is 7.46. The minimum atomic E-state index is 0. The highest BCUT2D eigenvalue weighted by molar-refractivity contribution is 8.13. The van der Waals surface area contributed by atoms with Crippen molar-refractivity contribution < 1.29 is 0 Å². The SMILES string of the molecule is CN1CN=C(SCc2c(Cl)cccc2Cl)NC1.Cl. The largest absolute Gasteiger partial charge is 0.352 e. The van der Waals surface area contributed by atoms with Gasteiger partial charge in [-0.15, -0.1) is 12.4 Å². The Bertz CT molecular complexity index is 419. The molecule has 3 nitrogen and oxygen atoms in total. The predicted molar refractivity (Wildman–Crippen MR) is 83.1 cm³/mol. The lowest BCUT2D eigenvalue weighted by atomic mass is 10.2. The molecule has 7 heteroatoms. The fourth-order valence-electron chi connectivity index (χ4n) is 1.40.